The molecule has 3 rings (SSSR count). The van der Waals surface area contributed by atoms with Crippen LogP contribution in [0.15, 0.2) is 67.6 Å². The largest absolute Gasteiger partial charge is 0.369 e. The lowest BCUT2D eigenvalue weighted by Gasteiger charge is -2.13. The molecule has 0 saturated carbocycles. The minimum atomic E-state index is -0.357. The maximum atomic E-state index is 12.9. The zero-order valence-electron chi connectivity index (χ0n) is 18.5. The van der Waals surface area contributed by atoms with E-state index in [0.717, 1.165) is 18.4 Å². The van der Waals surface area contributed by atoms with E-state index in [1.807, 2.05) is 19.1 Å². The zero-order valence-corrected chi connectivity index (χ0v) is 18.5. The van der Waals surface area contributed by atoms with Gasteiger partial charge in [0.1, 0.15) is 11.4 Å². The van der Waals surface area contributed by atoms with Gasteiger partial charge in [-0.1, -0.05) is 19.6 Å². The number of amides is 2. The van der Waals surface area contributed by atoms with E-state index in [1.54, 1.807) is 36.7 Å². The van der Waals surface area contributed by atoms with Crippen molar-refractivity contribution in [1.29, 1.82) is 0 Å². The molecule has 0 aliphatic rings. The van der Waals surface area contributed by atoms with Crippen molar-refractivity contribution in [3.8, 4) is 0 Å². The Bertz CT molecular complexity index is 1100. The Labute approximate surface area is 192 Å². The Kier molecular flexibility index (Phi) is 8.47. The fourth-order valence-corrected chi connectivity index (χ4v) is 2.95. The van der Waals surface area contributed by atoms with Gasteiger partial charge in [0.15, 0.2) is 0 Å². The fraction of sp³-hybridized carbons (Fsp3) is 0.208. The topological polar surface area (TPSA) is 121 Å². The number of benzene rings is 1. The average Bonchev–Trinajstić information content (AvgIpc) is 2.83. The van der Waals surface area contributed by atoms with Crippen molar-refractivity contribution in [2.45, 2.75) is 19.8 Å². The van der Waals surface area contributed by atoms with Crippen LogP contribution in [0.5, 0.6) is 0 Å². The van der Waals surface area contributed by atoms with E-state index in [4.69, 9.17) is 0 Å². The second-order valence-corrected chi connectivity index (χ2v) is 7.14. The van der Waals surface area contributed by atoms with Crippen LogP contribution in [0.2, 0.25) is 0 Å². The molecular weight excluding hydrogens is 418 g/mol. The van der Waals surface area contributed by atoms with Crippen molar-refractivity contribution in [3.05, 3.63) is 78.8 Å². The number of nitrogens with one attached hydrogen (secondary N) is 4. The van der Waals surface area contributed by atoms with Crippen LogP contribution in [0, 0.1) is 0 Å². The van der Waals surface area contributed by atoms with Gasteiger partial charge in [-0.05, 0) is 54.8 Å². The van der Waals surface area contributed by atoms with E-state index in [2.05, 4.69) is 42.8 Å². The first-order valence-electron chi connectivity index (χ1n) is 10.7. The van der Waals surface area contributed by atoms with Crippen LogP contribution >= 0.6 is 0 Å². The Morgan fingerprint density at radius 2 is 1.79 bits per heavy atom. The number of hydrogen-bond acceptors (Lipinski definition) is 7. The summed E-state index contributed by atoms with van der Waals surface area (Å²) in [6.07, 6.45) is 7.87. The molecule has 9 heteroatoms. The van der Waals surface area contributed by atoms with Gasteiger partial charge in [0.05, 0.1) is 0 Å². The lowest BCUT2D eigenvalue weighted by Crippen LogP contribution is -2.18. The highest BCUT2D eigenvalue weighted by Gasteiger charge is 2.15. The molecule has 9 nitrogen and oxygen atoms in total. The summed E-state index contributed by atoms with van der Waals surface area (Å²) >= 11 is 0. The van der Waals surface area contributed by atoms with Crippen LogP contribution in [0.3, 0.4) is 0 Å². The summed E-state index contributed by atoms with van der Waals surface area (Å²) in [5.74, 6) is 0.203. The zero-order chi connectivity index (χ0) is 23.5. The Hall–Kier alpha value is -4.27. The highest BCUT2D eigenvalue weighted by atomic mass is 16.2. The Morgan fingerprint density at radius 3 is 2.52 bits per heavy atom. The van der Waals surface area contributed by atoms with E-state index in [0.29, 0.717) is 41.8 Å². The van der Waals surface area contributed by atoms with Crippen molar-refractivity contribution >= 4 is 35.0 Å². The molecule has 1 aromatic carbocycles. The number of pyridine rings is 1. The first-order chi connectivity index (χ1) is 16.1. The van der Waals surface area contributed by atoms with Crippen LogP contribution in [-0.2, 0) is 11.2 Å². The third-order valence-corrected chi connectivity index (χ3v) is 4.60. The summed E-state index contributed by atoms with van der Waals surface area (Å²) in [6.45, 7) is 6.77. The van der Waals surface area contributed by atoms with Gasteiger partial charge < -0.3 is 21.3 Å². The number of carbonyl (C=O) groups excluding carboxylic acids is 2. The normalized spacial score (nSPS) is 10.2. The molecule has 33 heavy (non-hydrogen) atoms. The summed E-state index contributed by atoms with van der Waals surface area (Å²) in [4.78, 5) is 37.3. The smallest absolute Gasteiger partial charge is 0.260 e. The van der Waals surface area contributed by atoms with Crippen molar-refractivity contribution in [2.24, 2.45) is 0 Å². The summed E-state index contributed by atoms with van der Waals surface area (Å²) in [7, 11) is 0. The van der Waals surface area contributed by atoms with Crippen molar-refractivity contribution < 1.29 is 9.59 Å². The average molecular weight is 446 g/mol. The van der Waals surface area contributed by atoms with Crippen LogP contribution in [0.25, 0.3) is 0 Å². The van der Waals surface area contributed by atoms with Crippen molar-refractivity contribution in [2.75, 3.05) is 34.4 Å². The molecule has 0 saturated heterocycles. The van der Waals surface area contributed by atoms with E-state index in [1.165, 1.54) is 12.3 Å². The molecule has 170 valence electrons. The highest BCUT2D eigenvalue weighted by Crippen LogP contribution is 2.19. The Balaban J connectivity index is 1.70. The molecule has 2 amide bonds. The predicted molar refractivity (Wildman–Crippen MR) is 130 cm³/mol. The molecule has 0 spiro atoms. The molecule has 2 aromatic heterocycles. The summed E-state index contributed by atoms with van der Waals surface area (Å²) < 4.78 is 0. The predicted octanol–water partition coefficient (Wildman–Crippen LogP) is 3.72. The Morgan fingerprint density at radius 1 is 1.03 bits per heavy atom. The number of hydrogen-bond donors (Lipinski definition) is 4. The quantitative estimate of drug-likeness (QED) is 0.332. The van der Waals surface area contributed by atoms with Crippen molar-refractivity contribution in [1.82, 2.24) is 15.0 Å². The van der Waals surface area contributed by atoms with Crippen LogP contribution in [0.4, 0.5) is 23.1 Å². The first-order valence-corrected chi connectivity index (χ1v) is 10.7. The summed E-state index contributed by atoms with van der Waals surface area (Å²) in [5, 5.41) is 11.9. The molecule has 0 bridgehead atoms. The molecule has 0 fully saturated rings. The van der Waals surface area contributed by atoms with Crippen molar-refractivity contribution in [3.63, 3.8) is 0 Å². The maximum absolute atomic E-state index is 12.9. The maximum Gasteiger partial charge on any atom is 0.260 e. The fourth-order valence-electron chi connectivity index (χ4n) is 2.95. The monoisotopic (exact) mass is 445 g/mol. The van der Waals surface area contributed by atoms with E-state index >= 15 is 0 Å². The van der Waals surface area contributed by atoms with E-state index in [-0.39, 0.29) is 11.8 Å². The number of carbonyl (C=O) groups is 2. The van der Waals surface area contributed by atoms with E-state index in [9.17, 15) is 9.59 Å². The molecule has 2 heterocycles. The first kappa shape index (κ1) is 23.4. The number of anilines is 4. The second kappa shape index (κ2) is 11.9. The molecule has 3 aromatic rings. The van der Waals surface area contributed by atoms with Crippen LogP contribution in [0.1, 0.15) is 29.3 Å². The van der Waals surface area contributed by atoms with E-state index < -0.39 is 0 Å². The van der Waals surface area contributed by atoms with Crippen LogP contribution in [-0.4, -0.2) is 39.9 Å². The summed E-state index contributed by atoms with van der Waals surface area (Å²) in [5.41, 5.74) is 2.56. The van der Waals surface area contributed by atoms with Gasteiger partial charge in [0.2, 0.25) is 11.9 Å². The second-order valence-electron chi connectivity index (χ2n) is 7.14. The minimum absolute atomic E-state index is 0.323. The van der Waals surface area contributed by atoms with Crippen LogP contribution < -0.4 is 21.3 Å². The number of rotatable bonds is 11. The number of aromatic nitrogens is 3. The lowest BCUT2D eigenvalue weighted by atomic mass is 10.2. The van der Waals surface area contributed by atoms with Gasteiger partial charge in [-0.2, -0.15) is 4.98 Å². The molecule has 4 N–H and O–H groups in total. The minimum Gasteiger partial charge on any atom is -0.369 e. The molecule has 0 unspecified atom stereocenters. The third kappa shape index (κ3) is 7.13. The molecule has 0 radical (unpaired) electrons. The third-order valence-electron chi connectivity index (χ3n) is 4.60. The molecular formula is C24H27N7O2. The molecule has 0 atom stereocenters. The lowest BCUT2D eigenvalue weighted by molar-refractivity contribution is -0.111. The van der Waals surface area contributed by atoms with Gasteiger partial charge in [-0.25, -0.2) is 4.98 Å². The molecule has 0 aliphatic heterocycles. The van der Waals surface area contributed by atoms with Gasteiger partial charge in [0.25, 0.3) is 5.91 Å². The standard InChI is InChI=1S/C24H27N7O2/c1-3-11-26-22-20(16-28-24(31-22)27-14-10-17-8-12-25-13-9-17)23(33)30-19-7-5-6-18(15-19)29-21(32)4-2/h4-9,12-13,15-16H,2-3,10-11,14H2,1H3,(H,29,32)(H,30,33)(H2,26,27,28,31). The molecule has 0 aliphatic carbocycles. The number of nitrogens with zero attached hydrogens (tertiary/aromatic N) is 3. The van der Waals surface area contributed by atoms with Gasteiger partial charge in [0, 0.05) is 43.1 Å². The summed E-state index contributed by atoms with van der Waals surface area (Å²) in [6, 6.07) is 10.8. The highest BCUT2D eigenvalue weighted by molar-refractivity contribution is 6.07. The van der Waals surface area contributed by atoms with Gasteiger partial charge in [-0.3, -0.25) is 14.6 Å². The SMILES string of the molecule is C=CC(=O)Nc1cccc(NC(=O)c2cnc(NCCc3ccncc3)nc2NCCC)c1. The van der Waals surface area contributed by atoms with Gasteiger partial charge in [-0.15, -0.1) is 0 Å². The van der Waals surface area contributed by atoms with Gasteiger partial charge >= 0.3 is 0 Å².